The fraction of sp³-hybridized carbons (Fsp3) is 0.318. The fourth-order valence-corrected chi connectivity index (χ4v) is 4.26. The standard InChI is InChI=1S/C22H20ClNO4/c23-17-4-6-19-15(11-17)10-16(13-28-19)22(25)24-7-1-2-18(24)14-3-5-20-21(12-14)27-9-8-26-20/h3-6,10-12,18H,1-2,7-9,13H2. The van der Waals surface area contributed by atoms with Gasteiger partial charge in [0, 0.05) is 17.1 Å². The van der Waals surface area contributed by atoms with Gasteiger partial charge in [-0.3, -0.25) is 4.79 Å². The number of rotatable bonds is 2. The molecule has 0 saturated carbocycles. The van der Waals surface area contributed by atoms with Crippen LogP contribution >= 0.6 is 11.6 Å². The number of carbonyl (C=O) groups is 1. The topological polar surface area (TPSA) is 48.0 Å². The lowest BCUT2D eigenvalue weighted by molar-refractivity contribution is -0.128. The molecule has 0 aliphatic carbocycles. The molecule has 0 radical (unpaired) electrons. The highest BCUT2D eigenvalue weighted by Gasteiger charge is 2.33. The van der Waals surface area contributed by atoms with E-state index >= 15 is 0 Å². The molecule has 0 spiro atoms. The van der Waals surface area contributed by atoms with Gasteiger partial charge in [-0.05, 0) is 54.8 Å². The smallest absolute Gasteiger partial charge is 0.253 e. The van der Waals surface area contributed by atoms with E-state index < -0.39 is 0 Å². The number of amides is 1. The molecule has 6 heteroatoms. The van der Waals surface area contributed by atoms with Crippen molar-refractivity contribution in [3.63, 3.8) is 0 Å². The van der Waals surface area contributed by atoms with E-state index in [0.29, 0.717) is 23.8 Å². The van der Waals surface area contributed by atoms with Gasteiger partial charge in [0.1, 0.15) is 25.6 Å². The van der Waals surface area contributed by atoms with Crippen LogP contribution in [0.1, 0.15) is 30.0 Å². The minimum absolute atomic E-state index is 0.0167. The molecule has 0 bridgehead atoms. The van der Waals surface area contributed by atoms with E-state index in [1.54, 1.807) is 6.07 Å². The van der Waals surface area contributed by atoms with E-state index in [4.69, 9.17) is 25.8 Å². The molecular formula is C22H20ClNO4. The van der Waals surface area contributed by atoms with E-state index in [1.807, 2.05) is 41.3 Å². The zero-order valence-electron chi connectivity index (χ0n) is 15.3. The third-order valence-electron chi connectivity index (χ3n) is 5.42. The van der Waals surface area contributed by atoms with Crippen LogP contribution in [0.5, 0.6) is 17.2 Å². The Hall–Kier alpha value is -2.66. The van der Waals surface area contributed by atoms with Gasteiger partial charge in [-0.25, -0.2) is 0 Å². The summed E-state index contributed by atoms with van der Waals surface area (Å²) >= 11 is 6.09. The van der Waals surface area contributed by atoms with Crippen LogP contribution in [0, 0.1) is 0 Å². The quantitative estimate of drug-likeness (QED) is 0.760. The van der Waals surface area contributed by atoms with E-state index in [2.05, 4.69) is 0 Å². The number of halogens is 1. The second-order valence-electron chi connectivity index (χ2n) is 7.20. The van der Waals surface area contributed by atoms with Crippen molar-refractivity contribution in [2.45, 2.75) is 18.9 Å². The molecular weight excluding hydrogens is 378 g/mol. The Morgan fingerprint density at radius 3 is 2.71 bits per heavy atom. The predicted molar refractivity (Wildman–Crippen MR) is 106 cm³/mol. The second-order valence-corrected chi connectivity index (χ2v) is 7.64. The van der Waals surface area contributed by atoms with Crippen molar-refractivity contribution in [3.8, 4) is 17.2 Å². The number of carbonyl (C=O) groups excluding carboxylic acids is 1. The highest BCUT2D eigenvalue weighted by Crippen LogP contribution is 2.39. The molecule has 1 fully saturated rings. The summed E-state index contributed by atoms with van der Waals surface area (Å²) in [6.45, 7) is 2.13. The van der Waals surface area contributed by atoms with Crippen molar-refractivity contribution in [3.05, 3.63) is 58.1 Å². The average molecular weight is 398 g/mol. The van der Waals surface area contributed by atoms with E-state index in [9.17, 15) is 4.79 Å². The Kier molecular flexibility index (Phi) is 4.40. The van der Waals surface area contributed by atoms with Gasteiger partial charge in [0.2, 0.25) is 0 Å². The zero-order chi connectivity index (χ0) is 19.1. The summed E-state index contributed by atoms with van der Waals surface area (Å²) in [5.41, 5.74) is 2.58. The molecule has 1 unspecified atom stereocenters. The summed E-state index contributed by atoms with van der Waals surface area (Å²) in [4.78, 5) is 15.2. The maximum Gasteiger partial charge on any atom is 0.253 e. The second kappa shape index (κ2) is 7.06. The van der Waals surface area contributed by atoms with Crippen LogP contribution in [0.4, 0.5) is 0 Å². The van der Waals surface area contributed by atoms with Crippen LogP contribution in [0.3, 0.4) is 0 Å². The Bertz CT molecular complexity index is 971. The zero-order valence-corrected chi connectivity index (χ0v) is 16.1. The number of nitrogens with zero attached hydrogens (tertiary/aromatic N) is 1. The van der Waals surface area contributed by atoms with Crippen LogP contribution in [0.25, 0.3) is 6.08 Å². The Balaban J connectivity index is 1.42. The SMILES string of the molecule is O=C(C1=Cc2cc(Cl)ccc2OC1)N1CCCC1c1ccc2c(c1)OCCO2. The molecule has 3 aliphatic heterocycles. The largest absolute Gasteiger partial charge is 0.488 e. The molecule has 2 aromatic carbocycles. The minimum Gasteiger partial charge on any atom is -0.488 e. The van der Waals surface area contributed by atoms with Gasteiger partial charge in [-0.2, -0.15) is 0 Å². The average Bonchev–Trinajstić information content (AvgIpc) is 3.22. The summed E-state index contributed by atoms with van der Waals surface area (Å²) in [5, 5.41) is 0.627. The first-order chi connectivity index (χ1) is 13.7. The molecule has 3 heterocycles. The van der Waals surface area contributed by atoms with Crippen molar-refractivity contribution in [1.29, 1.82) is 0 Å². The van der Waals surface area contributed by atoms with Crippen LogP contribution in [-0.2, 0) is 4.79 Å². The molecule has 144 valence electrons. The van der Waals surface area contributed by atoms with Gasteiger partial charge in [0.05, 0.1) is 11.6 Å². The number of fused-ring (bicyclic) bond motifs is 2. The summed E-state index contributed by atoms with van der Waals surface area (Å²) < 4.78 is 17.1. The Labute approximate surface area is 168 Å². The molecule has 1 atom stereocenters. The summed E-state index contributed by atoms with van der Waals surface area (Å²) in [6.07, 6.45) is 3.80. The first-order valence-electron chi connectivity index (χ1n) is 9.52. The van der Waals surface area contributed by atoms with Gasteiger partial charge in [0.25, 0.3) is 5.91 Å². The lowest BCUT2D eigenvalue weighted by Gasteiger charge is -2.28. The van der Waals surface area contributed by atoms with E-state index in [0.717, 1.165) is 47.8 Å². The molecule has 2 aromatic rings. The van der Waals surface area contributed by atoms with Gasteiger partial charge in [0.15, 0.2) is 11.5 Å². The van der Waals surface area contributed by atoms with Crippen LogP contribution in [-0.4, -0.2) is 37.2 Å². The van der Waals surface area contributed by atoms with Crippen molar-refractivity contribution in [2.75, 3.05) is 26.4 Å². The number of benzene rings is 2. The van der Waals surface area contributed by atoms with Crippen molar-refractivity contribution in [2.24, 2.45) is 0 Å². The number of ether oxygens (including phenoxy) is 3. The first kappa shape index (κ1) is 17.4. The molecule has 28 heavy (non-hydrogen) atoms. The Morgan fingerprint density at radius 2 is 1.82 bits per heavy atom. The summed E-state index contributed by atoms with van der Waals surface area (Å²) in [6, 6.07) is 11.5. The monoisotopic (exact) mass is 397 g/mol. The molecule has 3 aliphatic rings. The lowest BCUT2D eigenvalue weighted by Crippen LogP contribution is -2.34. The van der Waals surface area contributed by atoms with Crippen molar-refractivity contribution in [1.82, 2.24) is 4.90 Å². The van der Waals surface area contributed by atoms with Gasteiger partial charge >= 0.3 is 0 Å². The number of hydrogen-bond donors (Lipinski definition) is 0. The third kappa shape index (κ3) is 3.10. The third-order valence-corrected chi connectivity index (χ3v) is 5.66. The van der Waals surface area contributed by atoms with Crippen LogP contribution in [0.15, 0.2) is 42.0 Å². The van der Waals surface area contributed by atoms with Crippen molar-refractivity contribution >= 4 is 23.6 Å². The van der Waals surface area contributed by atoms with Gasteiger partial charge in [-0.1, -0.05) is 17.7 Å². The maximum absolute atomic E-state index is 13.3. The van der Waals surface area contributed by atoms with E-state index in [1.165, 1.54) is 0 Å². The molecule has 1 saturated heterocycles. The first-order valence-corrected chi connectivity index (χ1v) is 9.90. The summed E-state index contributed by atoms with van der Waals surface area (Å²) in [5.74, 6) is 2.29. The number of likely N-dealkylation sites (tertiary alicyclic amines) is 1. The Morgan fingerprint density at radius 1 is 1.00 bits per heavy atom. The van der Waals surface area contributed by atoms with E-state index in [-0.39, 0.29) is 18.6 Å². The predicted octanol–water partition coefficient (Wildman–Crippen LogP) is 4.25. The molecule has 1 amide bonds. The minimum atomic E-state index is 0.0167. The van der Waals surface area contributed by atoms with Crippen LogP contribution < -0.4 is 14.2 Å². The molecule has 5 nitrogen and oxygen atoms in total. The number of hydrogen-bond acceptors (Lipinski definition) is 4. The van der Waals surface area contributed by atoms with Gasteiger partial charge in [-0.15, -0.1) is 0 Å². The normalized spacial score (nSPS) is 20.2. The summed E-state index contributed by atoms with van der Waals surface area (Å²) in [7, 11) is 0. The van der Waals surface area contributed by atoms with Crippen molar-refractivity contribution < 1.29 is 19.0 Å². The highest BCUT2D eigenvalue weighted by atomic mass is 35.5. The van der Waals surface area contributed by atoms with Gasteiger partial charge < -0.3 is 19.1 Å². The highest BCUT2D eigenvalue weighted by molar-refractivity contribution is 6.30. The fourth-order valence-electron chi connectivity index (χ4n) is 4.08. The molecule has 0 N–H and O–H groups in total. The van der Waals surface area contributed by atoms with Crippen LogP contribution in [0.2, 0.25) is 5.02 Å². The maximum atomic E-state index is 13.3. The molecule has 5 rings (SSSR count). The molecule has 0 aromatic heterocycles. The lowest BCUT2D eigenvalue weighted by atomic mass is 10.0.